The zero-order valence-electron chi connectivity index (χ0n) is 16.5. The van der Waals surface area contributed by atoms with Crippen molar-refractivity contribution in [2.45, 2.75) is 6.42 Å². The van der Waals surface area contributed by atoms with Crippen LogP contribution in [0.1, 0.15) is 25.8 Å². The third-order valence-electron chi connectivity index (χ3n) is 5.14. The van der Waals surface area contributed by atoms with Crippen molar-refractivity contribution in [3.05, 3.63) is 95.3 Å². The average molecular weight is 430 g/mol. The molecular formula is C24H19N3O3S. The van der Waals surface area contributed by atoms with E-state index in [-0.39, 0.29) is 17.6 Å². The van der Waals surface area contributed by atoms with Gasteiger partial charge in [0, 0.05) is 12.2 Å². The lowest BCUT2D eigenvalue weighted by molar-refractivity contribution is 0.0995. The Morgan fingerprint density at radius 1 is 0.839 bits per heavy atom. The number of carbonyl (C=O) groups is 2. The van der Waals surface area contributed by atoms with Gasteiger partial charge in [-0.2, -0.15) is 0 Å². The van der Waals surface area contributed by atoms with Crippen molar-refractivity contribution < 1.29 is 14.0 Å². The van der Waals surface area contributed by atoms with Crippen LogP contribution in [-0.4, -0.2) is 18.4 Å². The number of hydrogen-bond acceptors (Lipinski definition) is 5. The quantitative estimate of drug-likeness (QED) is 0.437. The molecule has 2 aromatic heterocycles. The summed E-state index contributed by atoms with van der Waals surface area (Å²) in [4.78, 5) is 27.8. The zero-order chi connectivity index (χ0) is 21.2. The van der Waals surface area contributed by atoms with E-state index in [1.807, 2.05) is 30.3 Å². The molecule has 3 heterocycles. The molecule has 4 aromatic rings. The number of fused-ring (bicyclic) bond motifs is 1. The monoisotopic (exact) mass is 429 g/mol. The van der Waals surface area contributed by atoms with Crippen LogP contribution >= 0.6 is 11.3 Å². The van der Waals surface area contributed by atoms with Gasteiger partial charge in [0.15, 0.2) is 5.76 Å². The molecule has 0 saturated heterocycles. The average Bonchev–Trinajstić information content (AvgIpc) is 3.55. The molecule has 0 unspecified atom stereocenters. The van der Waals surface area contributed by atoms with Crippen LogP contribution in [0.15, 0.2) is 83.5 Å². The molecule has 0 atom stereocenters. The highest BCUT2D eigenvalue weighted by Crippen LogP contribution is 2.38. The van der Waals surface area contributed by atoms with Crippen molar-refractivity contribution in [2.24, 2.45) is 0 Å². The summed E-state index contributed by atoms with van der Waals surface area (Å²) in [5.74, 6) is -0.348. The van der Waals surface area contributed by atoms with Crippen LogP contribution in [0.3, 0.4) is 0 Å². The Hall–Kier alpha value is -3.84. The second-order valence-electron chi connectivity index (χ2n) is 7.10. The number of anilines is 4. The van der Waals surface area contributed by atoms with E-state index in [1.165, 1.54) is 28.9 Å². The molecule has 7 heteroatoms. The zero-order valence-corrected chi connectivity index (χ0v) is 17.3. The van der Waals surface area contributed by atoms with Crippen molar-refractivity contribution >= 4 is 45.2 Å². The molecule has 154 valence electrons. The van der Waals surface area contributed by atoms with Crippen molar-refractivity contribution in [3.8, 4) is 0 Å². The van der Waals surface area contributed by atoms with E-state index in [4.69, 9.17) is 4.42 Å². The Morgan fingerprint density at radius 3 is 2.48 bits per heavy atom. The first-order chi connectivity index (χ1) is 15.2. The van der Waals surface area contributed by atoms with Gasteiger partial charge in [0.25, 0.3) is 11.8 Å². The van der Waals surface area contributed by atoms with Crippen LogP contribution in [0.2, 0.25) is 0 Å². The Balaban J connectivity index is 1.33. The van der Waals surface area contributed by atoms with Crippen molar-refractivity contribution in [3.63, 3.8) is 0 Å². The summed E-state index contributed by atoms with van der Waals surface area (Å²) in [5.41, 5.74) is 4.18. The van der Waals surface area contributed by atoms with Crippen molar-refractivity contribution in [1.29, 1.82) is 0 Å². The van der Waals surface area contributed by atoms with E-state index in [0.717, 1.165) is 24.3 Å². The molecule has 0 radical (unpaired) electrons. The molecule has 0 saturated carbocycles. The number of thiophene rings is 1. The van der Waals surface area contributed by atoms with Crippen LogP contribution in [-0.2, 0) is 6.42 Å². The molecule has 0 fully saturated rings. The van der Waals surface area contributed by atoms with Crippen LogP contribution in [0.25, 0.3) is 0 Å². The molecule has 1 aliphatic rings. The van der Waals surface area contributed by atoms with Crippen LogP contribution < -0.4 is 15.5 Å². The number of nitrogens with one attached hydrogen (secondary N) is 2. The third kappa shape index (κ3) is 3.83. The maximum atomic E-state index is 12.9. The predicted molar refractivity (Wildman–Crippen MR) is 123 cm³/mol. The van der Waals surface area contributed by atoms with Gasteiger partial charge in [-0.3, -0.25) is 9.59 Å². The second-order valence-corrected chi connectivity index (χ2v) is 8.18. The fourth-order valence-corrected chi connectivity index (χ4v) is 4.49. The molecular weight excluding hydrogens is 410 g/mol. The molecule has 5 rings (SSSR count). The minimum atomic E-state index is -0.350. The summed E-state index contributed by atoms with van der Waals surface area (Å²) in [6.45, 7) is 0.869. The largest absolute Gasteiger partial charge is 0.459 e. The van der Waals surface area contributed by atoms with Gasteiger partial charge in [-0.1, -0.05) is 30.3 Å². The molecule has 2 amide bonds. The summed E-state index contributed by atoms with van der Waals surface area (Å²) in [6.07, 6.45) is 2.42. The summed E-state index contributed by atoms with van der Waals surface area (Å²) >= 11 is 1.21. The van der Waals surface area contributed by atoms with Gasteiger partial charge in [-0.15, -0.1) is 11.3 Å². The second kappa shape index (κ2) is 8.12. The summed E-state index contributed by atoms with van der Waals surface area (Å²) in [7, 11) is 0. The highest BCUT2D eigenvalue weighted by molar-refractivity contribution is 7.18. The van der Waals surface area contributed by atoms with Gasteiger partial charge >= 0.3 is 0 Å². The molecule has 6 nitrogen and oxygen atoms in total. The Morgan fingerprint density at radius 2 is 1.65 bits per heavy atom. The molecule has 0 spiro atoms. The Bertz CT molecular complexity index is 1250. The van der Waals surface area contributed by atoms with Gasteiger partial charge < -0.3 is 20.0 Å². The number of carbonyl (C=O) groups excluding carboxylic acids is 2. The third-order valence-corrected chi connectivity index (χ3v) is 6.14. The smallest absolute Gasteiger partial charge is 0.291 e. The predicted octanol–water partition coefficient (Wildman–Crippen LogP) is 5.54. The SMILES string of the molecule is O=C(Nc1ccc(C(=O)Nc2ccccc2N2CCc3ccccc32)s1)c1ccco1. The van der Waals surface area contributed by atoms with Gasteiger partial charge in [0.2, 0.25) is 0 Å². The number of furan rings is 1. The highest BCUT2D eigenvalue weighted by atomic mass is 32.1. The fraction of sp³-hybridized carbons (Fsp3) is 0.0833. The van der Waals surface area contributed by atoms with E-state index in [1.54, 1.807) is 24.3 Å². The number of para-hydroxylation sites is 3. The first-order valence-electron chi connectivity index (χ1n) is 9.89. The van der Waals surface area contributed by atoms with E-state index >= 15 is 0 Å². The number of nitrogens with zero attached hydrogens (tertiary/aromatic N) is 1. The highest BCUT2D eigenvalue weighted by Gasteiger charge is 2.23. The summed E-state index contributed by atoms with van der Waals surface area (Å²) in [5, 5.41) is 6.35. The van der Waals surface area contributed by atoms with Gasteiger partial charge in [0.05, 0.1) is 27.5 Å². The van der Waals surface area contributed by atoms with Gasteiger partial charge in [-0.05, 0) is 54.4 Å². The normalized spacial score (nSPS) is 12.5. The van der Waals surface area contributed by atoms with E-state index in [0.29, 0.717) is 9.88 Å². The number of amides is 2. The maximum absolute atomic E-state index is 12.9. The van der Waals surface area contributed by atoms with E-state index in [9.17, 15) is 9.59 Å². The minimum Gasteiger partial charge on any atom is -0.459 e. The first-order valence-corrected chi connectivity index (χ1v) is 10.7. The molecule has 2 N–H and O–H groups in total. The molecule has 2 aromatic carbocycles. The van der Waals surface area contributed by atoms with Gasteiger partial charge in [-0.25, -0.2) is 0 Å². The molecule has 0 aliphatic carbocycles. The van der Waals surface area contributed by atoms with Crippen LogP contribution in [0.5, 0.6) is 0 Å². The number of hydrogen-bond donors (Lipinski definition) is 2. The summed E-state index contributed by atoms with van der Waals surface area (Å²) in [6, 6.07) is 22.8. The maximum Gasteiger partial charge on any atom is 0.291 e. The molecule has 1 aliphatic heterocycles. The lowest BCUT2D eigenvalue weighted by atomic mass is 10.1. The number of benzene rings is 2. The van der Waals surface area contributed by atoms with E-state index in [2.05, 4.69) is 33.7 Å². The molecule has 31 heavy (non-hydrogen) atoms. The Kier molecular flexibility index (Phi) is 5.01. The molecule has 0 bridgehead atoms. The van der Waals surface area contributed by atoms with Crippen molar-refractivity contribution in [2.75, 3.05) is 22.1 Å². The lowest BCUT2D eigenvalue weighted by Crippen LogP contribution is -2.18. The van der Waals surface area contributed by atoms with Crippen LogP contribution in [0.4, 0.5) is 22.1 Å². The van der Waals surface area contributed by atoms with Crippen molar-refractivity contribution in [1.82, 2.24) is 0 Å². The minimum absolute atomic E-state index is 0.219. The number of rotatable bonds is 5. The summed E-state index contributed by atoms with van der Waals surface area (Å²) < 4.78 is 5.10. The van der Waals surface area contributed by atoms with Gasteiger partial charge in [0.1, 0.15) is 0 Å². The fourth-order valence-electron chi connectivity index (χ4n) is 3.70. The standard InChI is InChI=1S/C24H19N3O3S/c28-23(20-10-5-15-30-20)26-22-12-11-21(31-22)24(29)25-17-7-2-4-9-19(17)27-14-13-16-6-1-3-8-18(16)27/h1-12,15H,13-14H2,(H,25,29)(H,26,28). The van der Waals surface area contributed by atoms with Crippen LogP contribution in [0, 0.1) is 0 Å². The first kappa shape index (κ1) is 19.1. The lowest BCUT2D eigenvalue weighted by Gasteiger charge is -2.23. The van der Waals surface area contributed by atoms with E-state index < -0.39 is 0 Å². The topological polar surface area (TPSA) is 74.6 Å². The Labute approximate surface area is 183 Å².